The molecule has 0 aromatic rings. The first-order valence-corrected chi connectivity index (χ1v) is 8.01. The molecule has 0 bridgehead atoms. The molecule has 0 unspecified atom stereocenters. The third kappa shape index (κ3) is 14.5. The summed E-state index contributed by atoms with van der Waals surface area (Å²) in [5.74, 6) is 0.681. The Morgan fingerprint density at radius 1 is 1.30 bits per heavy atom. The number of hydrogen-bond acceptors (Lipinski definition) is 3. The normalized spacial score (nSPS) is 10.7. The van der Waals surface area contributed by atoms with Crippen LogP contribution < -0.4 is 10.6 Å². The van der Waals surface area contributed by atoms with Gasteiger partial charge in [-0.2, -0.15) is 0 Å². The van der Waals surface area contributed by atoms with Crippen LogP contribution in [0.2, 0.25) is 0 Å². The number of aliphatic imine (C=N–C) groups is 1. The number of carbonyl (C=O) groups excluding carboxylic acids is 1. The van der Waals surface area contributed by atoms with Gasteiger partial charge in [0.25, 0.3) is 0 Å². The fourth-order valence-electron chi connectivity index (χ4n) is 1.89. The zero-order valence-corrected chi connectivity index (χ0v) is 17.1. The van der Waals surface area contributed by atoms with E-state index in [1.807, 2.05) is 20.0 Å². The lowest BCUT2D eigenvalue weighted by Gasteiger charge is -2.22. The molecule has 0 aliphatic carbocycles. The molecule has 7 heteroatoms. The second-order valence-electron chi connectivity index (χ2n) is 5.07. The van der Waals surface area contributed by atoms with Gasteiger partial charge in [-0.3, -0.25) is 4.79 Å². The predicted molar refractivity (Wildman–Crippen MR) is 108 cm³/mol. The molecular formula is C16H33IN4O2. The SMILES string of the molecule is C=CCCCCCN(C)C(=NCC(=O)NCCOC)NCC.I. The van der Waals surface area contributed by atoms with Crippen LogP contribution in [0.3, 0.4) is 0 Å². The summed E-state index contributed by atoms with van der Waals surface area (Å²) in [5, 5.41) is 5.97. The van der Waals surface area contributed by atoms with Crippen LogP contribution in [0.1, 0.15) is 32.6 Å². The van der Waals surface area contributed by atoms with Crippen molar-refractivity contribution in [3.05, 3.63) is 12.7 Å². The van der Waals surface area contributed by atoms with E-state index in [2.05, 4.69) is 27.1 Å². The molecule has 0 aliphatic heterocycles. The molecule has 0 heterocycles. The highest BCUT2D eigenvalue weighted by Gasteiger charge is 2.06. The van der Waals surface area contributed by atoms with Crippen LogP contribution in [0.15, 0.2) is 17.6 Å². The highest BCUT2D eigenvalue weighted by Crippen LogP contribution is 2.01. The summed E-state index contributed by atoms with van der Waals surface area (Å²) in [6, 6.07) is 0. The molecule has 0 rings (SSSR count). The smallest absolute Gasteiger partial charge is 0.241 e. The number of methoxy groups -OCH3 is 1. The summed E-state index contributed by atoms with van der Waals surface area (Å²) in [4.78, 5) is 18.1. The van der Waals surface area contributed by atoms with Crippen LogP contribution in [0, 0.1) is 0 Å². The van der Waals surface area contributed by atoms with Gasteiger partial charge in [0.1, 0.15) is 6.54 Å². The molecule has 0 saturated heterocycles. The zero-order chi connectivity index (χ0) is 16.6. The van der Waals surface area contributed by atoms with Crippen LogP contribution in [-0.4, -0.2) is 63.7 Å². The Labute approximate surface area is 158 Å². The molecule has 0 fully saturated rings. The molecule has 0 radical (unpaired) electrons. The standard InChI is InChI=1S/C16H32N4O2.HI/c1-5-7-8-9-10-12-20(3)16(17-6-2)19-14-15(21)18-11-13-22-4;/h5H,1,6-14H2,2-4H3,(H,17,19)(H,18,21);1H. The number of unbranched alkanes of at least 4 members (excludes halogenated alkanes) is 3. The van der Waals surface area contributed by atoms with Crippen molar-refractivity contribution < 1.29 is 9.53 Å². The van der Waals surface area contributed by atoms with Crippen molar-refractivity contribution in [2.24, 2.45) is 4.99 Å². The van der Waals surface area contributed by atoms with Gasteiger partial charge in [0.2, 0.25) is 5.91 Å². The van der Waals surface area contributed by atoms with E-state index in [4.69, 9.17) is 4.74 Å². The van der Waals surface area contributed by atoms with E-state index in [1.165, 1.54) is 12.8 Å². The quantitative estimate of drug-likeness (QED) is 0.160. The highest BCUT2D eigenvalue weighted by molar-refractivity contribution is 14.0. The Balaban J connectivity index is 0. The number of ether oxygens (including phenoxy) is 1. The van der Waals surface area contributed by atoms with Gasteiger partial charge in [0, 0.05) is 33.8 Å². The van der Waals surface area contributed by atoms with E-state index < -0.39 is 0 Å². The molecule has 0 aliphatic rings. The number of nitrogens with one attached hydrogen (secondary N) is 2. The average molecular weight is 440 g/mol. The first-order valence-electron chi connectivity index (χ1n) is 8.01. The van der Waals surface area contributed by atoms with Crippen LogP contribution in [0.25, 0.3) is 0 Å². The molecular weight excluding hydrogens is 407 g/mol. The minimum atomic E-state index is -0.0909. The maximum atomic E-state index is 11.7. The minimum Gasteiger partial charge on any atom is -0.383 e. The summed E-state index contributed by atoms with van der Waals surface area (Å²) in [6.45, 7) is 8.62. The summed E-state index contributed by atoms with van der Waals surface area (Å²) in [5.41, 5.74) is 0. The molecule has 0 saturated carbocycles. The van der Waals surface area contributed by atoms with Crippen LogP contribution in [-0.2, 0) is 9.53 Å². The molecule has 0 atom stereocenters. The lowest BCUT2D eigenvalue weighted by molar-refractivity contribution is -0.119. The maximum Gasteiger partial charge on any atom is 0.241 e. The predicted octanol–water partition coefficient (Wildman–Crippen LogP) is 2.01. The summed E-state index contributed by atoms with van der Waals surface area (Å²) in [7, 11) is 3.61. The van der Waals surface area contributed by atoms with Gasteiger partial charge in [-0.05, 0) is 26.2 Å². The van der Waals surface area contributed by atoms with E-state index in [9.17, 15) is 4.79 Å². The number of amides is 1. The van der Waals surface area contributed by atoms with E-state index >= 15 is 0 Å². The molecule has 23 heavy (non-hydrogen) atoms. The first kappa shape index (κ1) is 24.4. The van der Waals surface area contributed by atoms with Crippen molar-refractivity contribution in [1.82, 2.24) is 15.5 Å². The van der Waals surface area contributed by atoms with Gasteiger partial charge in [-0.25, -0.2) is 4.99 Å². The second kappa shape index (κ2) is 17.5. The monoisotopic (exact) mass is 440 g/mol. The summed E-state index contributed by atoms with van der Waals surface area (Å²) < 4.78 is 4.89. The fraction of sp³-hybridized carbons (Fsp3) is 0.750. The molecule has 1 amide bonds. The fourth-order valence-corrected chi connectivity index (χ4v) is 1.89. The van der Waals surface area contributed by atoms with Gasteiger partial charge < -0.3 is 20.3 Å². The van der Waals surface area contributed by atoms with Gasteiger partial charge in [-0.1, -0.05) is 12.5 Å². The van der Waals surface area contributed by atoms with Crippen molar-refractivity contribution in [3.63, 3.8) is 0 Å². The average Bonchev–Trinajstić information content (AvgIpc) is 2.51. The molecule has 0 aromatic carbocycles. The number of guanidine groups is 1. The molecule has 6 nitrogen and oxygen atoms in total. The van der Waals surface area contributed by atoms with E-state index in [-0.39, 0.29) is 36.4 Å². The van der Waals surface area contributed by atoms with Crippen molar-refractivity contribution in [1.29, 1.82) is 0 Å². The van der Waals surface area contributed by atoms with Crippen molar-refractivity contribution in [2.75, 3.05) is 46.9 Å². The van der Waals surface area contributed by atoms with Crippen LogP contribution in [0.4, 0.5) is 0 Å². The molecule has 136 valence electrons. The number of nitrogens with zero attached hydrogens (tertiary/aromatic N) is 2. The number of hydrogen-bond donors (Lipinski definition) is 2. The van der Waals surface area contributed by atoms with Gasteiger partial charge in [0.05, 0.1) is 6.61 Å². The third-order valence-corrected chi connectivity index (χ3v) is 3.10. The largest absolute Gasteiger partial charge is 0.383 e. The topological polar surface area (TPSA) is 66.0 Å². The van der Waals surface area contributed by atoms with Crippen molar-refractivity contribution >= 4 is 35.8 Å². The third-order valence-electron chi connectivity index (χ3n) is 3.10. The molecule has 0 spiro atoms. The van der Waals surface area contributed by atoms with Crippen molar-refractivity contribution in [3.8, 4) is 0 Å². The van der Waals surface area contributed by atoms with E-state index in [1.54, 1.807) is 7.11 Å². The molecule has 2 N–H and O–H groups in total. The lowest BCUT2D eigenvalue weighted by Crippen LogP contribution is -2.40. The van der Waals surface area contributed by atoms with E-state index in [0.717, 1.165) is 31.9 Å². The Morgan fingerprint density at radius 3 is 2.65 bits per heavy atom. The minimum absolute atomic E-state index is 0. The van der Waals surface area contributed by atoms with E-state index in [0.29, 0.717) is 13.2 Å². The van der Waals surface area contributed by atoms with Crippen molar-refractivity contribution in [2.45, 2.75) is 32.6 Å². The molecule has 0 aromatic heterocycles. The highest BCUT2D eigenvalue weighted by atomic mass is 127. The number of carbonyl (C=O) groups is 1. The number of halogens is 1. The number of rotatable bonds is 12. The van der Waals surface area contributed by atoms with Crippen LogP contribution >= 0.6 is 24.0 Å². The maximum absolute atomic E-state index is 11.7. The Bertz CT molecular complexity index is 338. The van der Waals surface area contributed by atoms with Gasteiger partial charge >= 0.3 is 0 Å². The Hall–Kier alpha value is -0.830. The summed E-state index contributed by atoms with van der Waals surface area (Å²) in [6.07, 6.45) is 6.48. The Morgan fingerprint density at radius 2 is 2.04 bits per heavy atom. The zero-order valence-electron chi connectivity index (χ0n) is 14.8. The van der Waals surface area contributed by atoms with Gasteiger partial charge in [0.15, 0.2) is 5.96 Å². The lowest BCUT2D eigenvalue weighted by atomic mass is 10.2. The Kier molecular flexibility index (Phi) is 18.6. The number of allylic oxidation sites excluding steroid dienone is 1. The second-order valence-corrected chi connectivity index (χ2v) is 5.07. The first-order chi connectivity index (χ1) is 10.7. The van der Waals surface area contributed by atoms with Gasteiger partial charge in [-0.15, -0.1) is 30.6 Å². The van der Waals surface area contributed by atoms with Crippen LogP contribution in [0.5, 0.6) is 0 Å². The summed E-state index contributed by atoms with van der Waals surface area (Å²) >= 11 is 0.